The second kappa shape index (κ2) is 4.62. The van der Waals surface area contributed by atoms with E-state index in [9.17, 15) is 4.39 Å². The summed E-state index contributed by atoms with van der Waals surface area (Å²) in [4.78, 5) is 0. The summed E-state index contributed by atoms with van der Waals surface area (Å²) in [5.41, 5.74) is 1.52. The van der Waals surface area contributed by atoms with Gasteiger partial charge < -0.3 is 5.32 Å². The summed E-state index contributed by atoms with van der Waals surface area (Å²) in [5, 5.41) is 3.37. The van der Waals surface area contributed by atoms with Gasteiger partial charge in [-0.1, -0.05) is 28.4 Å². The van der Waals surface area contributed by atoms with Crippen LogP contribution in [0, 0.1) is 12.7 Å². The molecule has 2 rings (SSSR count). The Morgan fingerprint density at radius 2 is 2.20 bits per heavy atom. The molecule has 15 heavy (non-hydrogen) atoms. The molecule has 1 atom stereocenters. The van der Waals surface area contributed by atoms with Crippen LogP contribution in [0.2, 0.25) is 0 Å². The summed E-state index contributed by atoms with van der Waals surface area (Å²) in [6.07, 6.45) is 3.43. The van der Waals surface area contributed by atoms with Crippen LogP contribution in [0.25, 0.3) is 0 Å². The van der Waals surface area contributed by atoms with E-state index in [1.54, 1.807) is 0 Å². The zero-order chi connectivity index (χ0) is 10.8. The van der Waals surface area contributed by atoms with Gasteiger partial charge in [-0.2, -0.15) is 0 Å². The van der Waals surface area contributed by atoms with Gasteiger partial charge in [0.2, 0.25) is 0 Å². The Morgan fingerprint density at radius 1 is 1.40 bits per heavy atom. The van der Waals surface area contributed by atoms with Gasteiger partial charge in [-0.15, -0.1) is 0 Å². The largest absolute Gasteiger partial charge is 0.310 e. The molecule has 1 aromatic carbocycles. The molecule has 1 aromatic rings. The van der Waals surface area contributed by atoms with Crippen molar-refractivity contribution in [2.45, 2.75) is 32.2 Å². The van der Waals surface area contributed by atoms with Gasteiger partial charge >= 0.3 is 0 Å². The van der Waals surface area contributed by atoms with Crippen LogP contribution in [0.15, 0.2) is 16.6 Å². The topological polar surface area (TPSA) is 12.0 Å². The van der Waals surface area contributed by atoms with E-state index in [1.807, 2.05) is 19.1 Å². The Balaban J connectivity index is 2.31. The second-order valence-corrected chi connectivity index (χ2v) is 4.93. The maximum Gasteiger partial charge on any atom is 0.132 e. The van der Waals surface area contributed by atoms with Crippen molar-refractivity contribution in [3.05, 3.63) is 33.5 Å². The number of hydrogen-bond donors (Lipinski definition) is 1. The van der Waals surface area contributed by atoms with Gasteiger partial charge in [0, 0.05) is 16.1 Å². The number of halogens is 2. The monoisotopic (exact) mass is 271 g/mol. The summed E-state index contributed by atoms with van der Waals surface area (Å²) < 4.78 is 14.8. The molecule has 1 fully saturated rings. The molecule has 3 heteroatoms. The first-order valence-corrected chi connectivity index (χ1v) is 6.17. The maximum atomic E-state index is 14.0. The van der Waals surface area contributed by atoms with Gasteiger partial charge in [-0.25, -0.2) is 4.39 Å². The summed E-state index contributed by atoms with van der Waals surface area (Å²) in [6.45, 7) is 2.81. The summed E-state index contributed by atoms with van der Waals surface area (Å²) in [7, 11) is 0. The van der Waals surface area contributed by atoms with Crippen molar-refractivity contribution >= 4 is 15.9 Å². The van der Waals surface area contributed by atoms with Crippen molar-refractivity contribution in [2.24, 2.45) is 0 Å². The van der Waals surface area contributed by atoms with E-state index in [-0.39, 0.29) is 11.9 Å². The third-order valence-corrected chi connectivity index (χ3v) is 3.89. The number of piperidine rings is 1. The number of nitrogens with one attached hydrogen (secondary N) is 1. The molecule has 1 heterocycles. The molecular formula is C12H15BrFN. The van der Waals surface area contributed by atoms with Crippen molar-refractivity contribution in [1.82, 2.24) is 5.32 Å². The molecule has 0 amide bonds. The van der Waals surface area contributed by atoms with Gasteiger partial charge in [0.15, 0.2) is 0 Å². The first-order chi connectivity index (χ1) is 7.20. The number of hydrogen-bond acceptors (Lipinski definition) is 1. The fraction of sp³-hybridized carbons (Fsp3) is 0.500. The molecule has 1 aliphatic heterocycles. The minimum absolute atomic E-state index is 0.0659. The van der Waals surface area contributed by atoms with Crippen LogP contribution in [-0.2, 0) is 0 Å². The third-order valence-electron chi connectivity index (χ3n) is 3.04. The van der Waals surface area contributed by atoms with Crippen LogP contribution in [0.4, 0.5) is 4.39 Å². The Hall–Kier alpha value is -0.410. The molecule has 1 saturated heterocycles. The Bertz CT molecular complexity index is 359. The molecule has 0 bridgehead atoms. The van der Waals surface area contributed by atoms with Crippen LogP contribution >= 0.6 is 15.9 Å². The molecule has 0 aromatic heterocycles. The predicted molar refractivity (Wildman–Crippen MR) is 63.4 cm³/mol. The molecule has 0 saturated carbocycles. The van der Waals surface area contributed by atoms with Crippen molar-refractivity contribution in [3.8, 4) is 0 Å². The van der Waals surface area contributed by atoms with E-state index in [0.29, 0.717) is 5.56 Å². The van der Waals surface area contributed by atoms with Crippen LogP contribution in [0.3, 0.4) is 0 Å². The molecule has 1 aliphatic rings. The standard InChI is InChI=1S/C12H15BrFN/c1-8-10(13)6-5-9(12(8)14)11-4-2-3-7-15-11/h5-6,11,15H,2-4,7H2,1H3. The SMILES string of the molecule is Cc1c(Br)ccc(C2CCCCN2)c1F. The zero-order valence-electron chi connectivity index (χ0n) is 8.82. The van der Waals surface area contributed by atoms with Gasteiger partial charge in [0.1, 0.15) is 5.82 Å². The van der Waals surface area contributed by atoms with Gasteiger partial charge in [0.25, 0.3) is 0 Å². The predicted octanol–water partition coefficient (Wildman–Crippen LogP) is 3.71. The van der Waals surface area contributed by atoms with Gasteiger partial charge in [-0.05, 0) is 37.9 Å². The highest BCUT2D eigenvalue weighted by Gasteiger charge is 2.19. The third kappa shape index (κ3) is 2.23. The summed E-state index contributed by atoms with van der Waals surface area (Å²) in [5.74, 6) is -0.0659. The molecule has 0 aliphatic carbocycles. The van der Waals surface area contributed by atoms with E-state index in [2.05, 4.69) is 21.2 Å². The smallest absolute Gasteiger partial charge is 0.132 e. The van der Waals surface area contributed by atoms with E-state index in [0.717, 1.165) is 23.0 Å². The van der Waals surface area contributed by atoms with E-state index in [4.69, 9.17) is 0 Å². The van der Waals surface area contributed by atoms with Crippen LogP contribution in [0.1, 0.15) is 36.4 Å². The fourth-order valence-corrected chi connectivity index (χ4v) is 2.38. The van der Waals surface area contributed by atoms with Crippen LogP contribution in [-0.4, -0.2) is 6.54 Å². The zero-order valence-corrected chi connectivity index (χ0v) is 10.4. The second-order valence-electron chi connectivity index (χ2n) is 4.08. The molecule has 82 valence electrons. The molecule has 0 spiro atoms. The Morgan fingerprint density at radius 3 is 2.87 bits per heavy atom. The first-order valence-electron chi connectivity index (χ1n) is 5.38. The van der Waals surface area contributed by atoms with Crippen LogP contribution in [0.5, 0.6) is 0 Å². The Kier molecular flexibility index (Phi) is 3.42. The quantitative estimate of drug-likeness (QED) is 0.821. The van der Waals surface area contributed by atoms with Gasteiger partial charge in [0.05, 0.1) is 0 Å². The lowest BCUT2D eigenvalue weighted by atomic mass is 9.96. The lowest BCUT2D eigenvalue weighted by molar-refractivity contribution is 0.399. The fourth-order valence-electron chi connectivity index (χ4n) is 2.07. The van der Waals surface area contributed by atoms with Gasteiger partial charge in [-0.3, -0.25) is 0 Å². The number of benzene rings is 1. The minimum Gasteiger partial charge on any atom is -0.310 e. The van der Waals surface area contributed by atoms with Crippen molar-refractivity contribution in [2.75, 3.05) is 6.54 Å². The maximum absolute atomic E-state index is 14.0. The van der Waals surface area contributed by atoms with E-state index >= 15 is 0 Å². The summed E-state index contributed by atoms with van der Waals surface area (Å²) in [6, 6.07) is 4.02. The molecule has 0 radical (unpaired) electrons. The van der Waals surface area contributed by atoms with E-state index < -0.39 is 0 Å². The van der Waals surface area contributed by atoms with E-state index in [1.165, 1.54) is 12.8 Å². The highest BCUT2D eigenvalue weighted by molar-refractivity contribution is 9.10. The highest BCUT2D eigenvalue weighted by Crippen LogP contribution is 2.29. The summed E-state index contributed by atoms with van der Waals surface area (Å²) >= 11 is 3.34. The normalized spacial score (nSPS) is 21.7. The van der Waals surface area contributed by atoms with Crippen molar-refractivity contribution < 1.29 is 4.39 Å². The van der Waals surface area contributed by atoms with Crippen LogP contribution < -0.4 is 5.32 Å². The minimum atomic E-state index is -0.0659. The molecule has 1 nitrogen and oxygen atoms in total. The number of rotatable bonds is 1. The first kappa shape index (κ1) is 11.1. The van der Waals surface area contributed by atoms with Crippen molar-refractivity contribution in [1.29, 1.82) is 0 Å². The van der Waals surface area contributed by atoms with Crippen molar-refractivity contribution in [3.63, 3.8) is 0 Å². The average molecular weight is 272 g/mol. The molecular weight excluding hydrogens is 257 g/mol. The molecule has 1 unspecified atom stereocenters. The highest BCUT2D eigenvalue weighted by atomic mass is 79.9. The lowest BCUT2D eigenvalue weighted by Gasteiger charge is -2.24. The average Bonchev–Trinajstić information content (AvgIpc) is 2.27. The molecule has 1 N–H and O–H groups in total. The Labute approximate surface area is 98.2 Å². The lowest BCUT2D eigenvalue weighted by Crippen LogP contribution is -2.27.